The van der Waals surface area contributed by atoms with E-state index in [0.717, 1.165) is 31.0 Å². The van der Waals surface area contributed by atoms with Gasteiger partial charge in [0.05, 0.1) is 27.5 Å². The van der Waals surface area contributed by atoms with Gasteiger partial charge in [0.25, 0.3) is 17.4 Å². The lowest BCUT2D eigenvalue weighted by atomic mass is 10.1. The molecule has 0 radical (unpaired) electrons. The highest BCUT2D eigenvalue weighted by molar-refractivity contribution is 8.26. The number of aromatic nitrogens is 2. The number of anilines is 2. The molecule has 3 heterocycles. The standard InChI is InChI=1S/C32H35N5O4S2/c1-4-5-6-7-8-14-19-35-31(41)28(43-32(35)42)26-23-17-12-13-18-24(23)36(29(26)39)20-25(38)33-27-21(2)34(3)37(30(27)40)22-15-10-9-11-16-22/h9-13,15-18H,4-8,14,19-20H2,1-3H3,(H,33,38)/b28-26-. The monoisotopic (exact) mass is 617 g/mol. The fourth-order valence-corrected chi connectivity index (χ4v) is 6.86. The highest BCUT2D eigenvalue weighted by Crippen LogP contribution is 2.44. The Morgan fingerprint density at radius 3 is 2.30 bits per heavy atom. The summed E-state index contributed by atoms with van der Waals surface area (Å²) in [6.07, 6.45) is 6.55. The Labute approximate surface area is 260 Å². The lowest BCUT2D eigenvalue weighted by Crippen LogP contribution is -2.36. The topological polar surface area (TPSA) is 96.7 Å². The number of unbranched alkanes of at least 4 members (excludes halogenated alkanes) is 5. The number of hydrogen-bond donors (Lipinski definition) is 1. The summed E-state index contributed by atoms with van der Waals surface area (Å²) in [5.74, 6) is -1.23. The van der Waals surface area contributed by atoms with Gasteiger partial charge in [-0.3, -0.25) is 33.7 Å². The second-order valence-electron chi connectivity index (χ2n) is 10.7. The SMILES string of the molecule is CCCCCCCCN1C(=O)/C(=C2/C(=O)N(CC(=O)Nc3c(C)n(C)n(-c4ccccc4)c3=O)c3ccccc32)SC1=S. The summed E-state index contributed by atoms with van der Waals surface area (Å²) < 4.78 is 3.60. The first kappa shape index (κ1) is 30.5. The number of para-hydroxylation sites is 2. The second kappa shape index (κ2) is 13.1. The van der Waals surface area contributed by atoms with Gasteiger partial charge in [-0.25, -0.2) is 4.68 Å². The van der Waals surface area contributed by atoms with Crippen molar-refractivity contribution in [1.82, 2.24) is 14.3 Å². The fourth-order valence-electron chi connectivity index (χ4n) is 5.48. The largest absolute Gasteiger partial charge is 0.318 e. The molecular weight excluding hydrogens is 583 g/mol. The minimum atomic E-state index is -0.522. The molecule has 43 heavy (non-hydrogen) atoms. The van der Waals surface area contributed by atoms with Gasteiger partial charge < -0.3 is 5.32 Å². The first-order chi connectivity index (χ1) is 20.7. The van der Waals surface area contributed by atoms with Crippen molar-refractivity contribution in [1.29, 1.82) is 0 Å². The van der Waals surface area contributed by atoms with Crippen LogP contribution in [0.25, 0.3) is 11.3 Å². The number of nitrogens with zero attached hydrogens (tertiary/aromatic N) is 4. The van der Waals surface area contributed by atoms with Gasteiger partial charge in [0.1, 0.15) is 16.6 Å². The average molecular weight is 618 g/mol. The third-order valence-corrected chi connectivity index (χ3v) is 9.30. The maximum absolute atomic E-state index is 13.8. The van der Waals surface area contributed by atoms with Gasteiger partial charge in [0.15, 0.2) is 0 Å². The lowest BCUT2D eigenvalue weighted by Gasteiger charge is -2.16. The summed E-state index contributed by atoms with van der Waals surface area (Å²) in [6.45, 7) is 4.12. The van der Waals surface area contributed by atoms with Gasteiger partial charge >= 0.3 is 0 Å². The van der Waals surface area contributed by atoms with Crippen molar-refractivity contribution in [3.8, 4) is 5.69 Å². The highest BCUT2D eigenvalue weighted by atomic mass is 32.2. The van der Waals surface area contributed by atoms with Crippen molar-refractivity contribution < 1.29 is 14.4 Å². The van der Waals surface area contributed by atoms with E-state index in [4.69, 9.17) is 12.2 Å². The fraction of sp³-hybridized carbons (Fsp3) is 0.344. The van der Waals surface area contributed by atoms with Crippen LogP contribution < -0.4 is 15.8 Å². The zero-order chi connectivity index (χ0) is 30.7. The number of fused-ring (bicyclic) bond motifs is 1. The molecule has 0 saturated carbocycles. The van der Waals surface area contributed by atoms with Crippen LogP contribution in [-0.4, -0.2) is 49.4 Å². The summed E-state index contributed by atoms with van der Waals surface area (Å²) >= 11 is 6.68. The molecule has 224 valence electrons. The smallest absolute Gasteiger partial charge is 0.295 e. The van der Waals surface area contributed by atoms with E-state index in [0.29, 0.717) is 38.4 Å². The molecule has 3 amide bonds. The Balaban J connectivity index is 1.35. The Morgan fingerprint density at radius 1 is 0.884 bits per heavy atom. The molecule has 1 saturated heterocycles. The maximum Gasteiger partial charge on any atom is 0.295 e. The molecule has 11 heteroatoms. The van der Waals surface area contributed by atoms with Crippen molar-refractivity contribution in [2.75, 3.05) is 23.3 Å². The summed E-state index contributed by atoms with van der Waals surface area (Å²) in [7, 11) is 1.74. The number of amides is 3. The lowest BCUT2D eigenvalue weighted by molar-refractivity contribution is -0.122. The molecule has 3 aromatic rings. The molecule has 0 atom stereocenters. The zero-order valence-electron chi connectivity index (χ0n) is 24.6. The second-order valence-corrected chi connectivity index (χ2v) is 12.3. The molecule has 0 bridgehead atoms. The van der Waals surface area contributed by atoms with Crippen LogP contribution in [0, 0.1) is 6.92 Å². The van der Waals surface area contributed by atoms with Gasteiger partial charge in [-0.2, -0.15) is 0 Å². The van der Waals surface area contributed by atoms with E-state index in [9.17, 15) is 19.2 Å². The molecule has 1 N–H and O–H groups in total. The van der Waals surface area contributed by atoms with Gasteiger partial charge in [-0.15, -0.1) is 0 Å². The predicted molar refractivity (Wildman–Crippen MR) is 175 cm³/mol. The minimum Gasteiger partial charge on any atom is -0.318 e. The van der Waals surface area contributed by atoms with Crippen LogP contribution in [0.4, 0.5) is 11.4 Å². The van der Waals surface area contributed by atoms with E-state index < -0.39 is 11.8 Å². The van der Waals surface area contributed by atoms with Crippen LogP contribution in [0.1, 0.15) is 56.7 Å². The highest BCUT2D eigenvalue weighted by Gasteiger charge is 2.42. The van der Waals surface area contributed by atoms with Crippen molar-refractivity contribution >= 4 is 63.0 Å². The Kier molecular flexibility index (Phi) is 9.31. The Hall–Kier alpha value is -3.96. The minimum absolute atomic E-state index is 0.145. The van der Waals surface area contributed by atoms with Crippen molar-refractivity contribution in [3.05, 3.63) is 81.1 Å². The normalized spacial score (nSPS) is 16.4. The Morgan fingerprint density at radius 2 is 1.56 bits per heavy atom. The molecule has 2 aliphatic rings. The molecule has 0 aliphatic carbocycles. The van der Waals surface area contributed by atoms with E-state index in [1.165, 1.54) is 28.8 Å². The number of rotatable bonds is 11. The van der Waals surface area contributed by atoms with Crippen molar-refractivity contribution in [2.45, 2.75) is 52.4 Å². The number of carbonyl (C=O) groups is 3. The quantitative estimate of drug-likeness (QED) is 0.176. The first-order valence-corrected chi connectivity index (χ1v) is 15.8. The Bertz CT molecular complexity index is 1670. The molecular formula is C32H35N5O4S2. The summed E-state index contributed by atoms with van der Waals surface area (Å²) in [5.41, 5.74) is 2.39. The van der Waals surface area contributed by atoms with Crippen molar-refractivity contribution in [3.63, 3.8) is 0 Å². The van der Waals surface area contributed by atoms with Gasteiger partial charge in [0.2, 0.25) is 5.91 Å². The van der Waals surface area contributed by atoms with E-state index >= 15 is 0 Å². The molecule has 2 aromatic carbocycles. The number of hydrogen-bond acceptors (Lipinski definition) is 6. The van der Waals surface area contributed by atoms with Crippen LogP contribution in [0.3, 0.4) is 0 Å². The zero-order valence-corrected chi connectivity index (χ0v) is 26.2. The predicted octanol–water partition coefficient (Wildman–Crippen LogP) is 5.40. The number of nitrogens with one attached hydrogen (secondary N) is 1. The van der Waals surface area contributed by atoms with Gasteiger partial charge in [0, 0.05) is 19.2 Å². The number of carbonyl (C=O) groups excluding carboxylic acids is 3. The maximum atomic E-state index is 13.8. The van der Waals surface area contributed by atoms with E-state index in [-0.39, 0.29) is 29.3 Å². The van der Waals surface area contributed by atoms with Gasteiger partial charge in [-0.05, 0) is 31.5 Å². The molecule has 5 rings (SSSR count). The van der Waals surface area contributed by atoms with E-state index in [2.05, 4.69) is 12.2 Å². The van der Waals surface area contributed by atoms with Crippen LogP contribution in [-0.2, 0) is 21.4 Å². The summed E-state index contributed by atoms with van der Waals surface area (Å²) in [4.78, 5) is 57.2. The number of thiocarbonyl (C=S) groups is 1. The molecule has 0 unspecified atom stereocenters. The molecule has 1 aromatic heterocycles. The number of benzene rings is 2. The van der Waals surface area contributed by atoms with E-state index in [1.807, 2.05) is 30.3 Å². The molecule has 1 fully saturated rings. The van der Waals surface area contributed by atoms with Crippen molar-refractivity contribution in [2.24, 2.45) is 7.05 Å². The summed E-state index contributed by atoms with van der Waals surface area (Å²) in [6, 6.07) is 16.3. The van der Waals surface area contributed by atoms with Gasteiger partial charge in [-0.1, -0.05) is 99.4 Å². The van der Waals surface area contributed by atoms with Crippen LogP contribution in [0.15, 0.2) is 64.3 Å². The molecule has 2 aliphatic heterocycles. The third kappa shape index (κ3) is 5.96. The number of thioether (sulfide) groups is 1. The summed E-state index contributed by atoms with van der Waals surface area (Å²) in [5, 5.41) is 2.73. The molecule has 9 nitrogen and oxygen atoms in total. The van der Waals surface area contributed by atoms with Crippen LogP contribution >= 0.6 is 24.0 Å². The van der Waals surface area contributed by atoms with E-state index in [1.54, 1.807) is 47.8 Å². The molecule has 0 spiro atoms. The average Bonchev–Trinajstić information content (AvgIpc) is 3.52. The third-order valence-electron chi connectivity index (χ3n) is 7.86. The van der Waals surface area contributed by atoms with Crippen LogP contribution in [0.5, 0.6) is 0 Å². The van der Waals surface area contributed by atoms with Crippen LogP contribution in [0.2, 0.25) is 0 Å². The first-order valence-electron chi connectivity index (χ1n) is 14.6.